The molecule has 0 radical (unpaired) electrons. The van der Waals surface area contributed by atoms with Crippen molar-refractivity contribution in [1.29, 1.82) is 0 Å². The van der Waals surface area contributed by atoms with Gasteiger partial charge in [0.1, 0.15) is 24.0 Å². The maximum Gasteiger partial charge on any atom is 0.318 e. The quantitative estimate of drug-likeness (QED) is 0.529. The number of para-hydroxylation sites is 2. The monoisotopic (exact) mass is 383 g/mol. The molecule has 5 nitrogen and oxygen atoms in total. The number of pyridine rings is 1. The van der Waals surface area contributed by atoms with E-state index in [1.807, 2.05) is 72.8 Å². The zero-order valence-corrected chi connectivity index (χ0v) is 15.4. The average molecular weight is 383 g/mol. The van der Waals surface area contributed by atoms with Gasteiger partial charge in [-0.2, -0.15) is 0 Å². The summed E-state index contributed by atoms with van der Waals surface area (Å²) in [6, 6.07) is 24.0. The van der Waals surface area contributed by atoms with Crippen LogP contribution in [0.5, 0.6) is 11.5 Å². The van der Waals surface area contributed by atoms with Gasteiger partial charge in [-0.25, -0.2) is 0 Å². The van der Waals surface area contributed by atoms with E-state index in [1.54, 1.807) is 6.07 Å². The van der Waals surface area contributed by atoms with E-state index in [-0.39, 0.29) is 18.1 Å². The van der Waals surface area contributed by atoms with Crippen LogP contribution in [0, 0.1) is 0 Å². The van der Waals surface area contributed by atoms with Crippen LogP contribution >= 0.6 is 0 Å². The maximum atomic E-state index is 13.1. The van der Waals surface area contributed by atoms with Crippen molar-refractivity contribution >= 4 is 16.7 Å². The molecule has 0 saturated heterocycles. The molecule has 5 heteroatoms. The van der Waals surface area contributed by atoms with Crippen molar-refractivity contribution in [2.45, 2.75) is 12.5 Å². The first kappa shape index (κ1) is 17.3. The molecule has 0 amide bonds. The van der Waals surface area contributed by atoms with E-state index in [1.165, 1.54) is 0 Å². The normalized spacial score (nSPS) is 12.7. The highest BCUT2D eigenvalue weighted by Crippen LogP contribution is 2.44. The van der Waals surface area contributed by atoms with Crippen molar-refractivity contribution in [3.8, 4) is 11.5 Å². The first-order valence-electron chi connectivity index (χ1n) is 9.34. The highest BCUT2D eigenvalue weighted by Gasteiger charge is 2.33. The lowest BCUT2D eigenvalue weighted by molar-refractivity contribution is -0.146. The van der Waals surface area contributed by atoms with E-state index < -0.39 is 5.92 Å². The third-order valence-electron chi connectivity index (χ3n) is 5.09. The van der Waals surface area contributed by atoms with E-state index in [0.717, 1.165) is 16.5 Å². The van der Waals surface area contributed by atoms with Crippen LogP contribution < -0.4 is 10.3 Å². The van der Waals surface area contributed by atoms with Crippen LogP contribution in [0.2, 0.25) is 0 Å². The van der Waals surface area contributed by atoms with E-state index in [2.05, 4.69) is 4.98 Å². The van der Waals surface area contributed by atoms with Crippen molar-refractivity contribution in [3.05, 3.63) is 106 Å². The molecule has 1 N–H and O–H groups in total. The van der Waals surface area contributed by atoms with Crippen LogP contribution in [0.1, 0.15) is 22.7 Å². The number of carbonyl (C=O) groups excluding carboxylic acids is 1. The van der Waals surface area contributed by atoms with Gasteiger partial charge in [0.25, 0.3) is 5.56 Å². The smallest absolute Gasteiger partial charge is 0.318 e. The van der Waals surface area contributed by atoms with Gasteiger partial charge >= 0.3 is 5.97 Å². The predicted molar refractivity (Wildman–Crippen MR) is 109 cm³/mol. The highest BCUT2D eigenvalue weighted by molar-refractivity contribution is 5.85. The van der Waals surface area contributed by atoms with Gasteiger partial charge in [0.05, 0.1) is 5.69 Å². The van der Waals surface area contributed by atoms with Gasteiger partial charge in [-0.1, -0.05) is 54.6 Å². The number of ether oxygens (including phenoxy) is 2. The maximum absolute atomic E-state index is 13.1. The summed E-state index contributed by atoms with van der Waals surface area (Å²) >= 11 is 0. The van der Waals surface area contributed by atoms with Gasteiger partial charge in [0, 0.05) is 16.5 Å². The number of hydrogen-bond acceptors (Lipinski definition) is 4. The number of hydrogen-bond donors (Lipinski definition) is 1. The third-order valence-corrected chi connectivity index (χ3v) is 5.09. The fourth-order valence-electron chi connectivity index (χ4n) is 3.74. The molecular formula is C24H17NO4. The van der Waals surface area contributed by atoms with E-state index in [0.29, 0.717) is 22.6 Å². The molecule has 142 valence electrons. The Hall–Kier alpha value is -3.86. The molecule has 0 spiro atoms. The Bertz CT molecular complexity index is 1250. The fourth-order valence-corrected chi connectivity index (χ4v) is 3.74. The molecule has 3 aromatic carbocycles. The Morgan fingerprint density at radius 2 is 1.52 bits per heavy atom. The van der Waals surface area contributed by atoms with Crippen LogP contribution in [0.4, 0.5) is 0 Å². The van der Waals surface area contributed by atoms with Gasteiger partial charge in [-0.05, 0) is 29.7 Å². The molecule has 2 heterocycles. The molecule has 1 aliphatic rings. The number of H-pyrrole nitrogens is 1. The molecule has 0 fully saturated rings. The zero-order valence-electron chi connectivity index (χ0n) is 15.4. The number of nitrogens with one attached hydrogen (secondary N) is 1. The SMILES string of the molecule is O=C(OCc1cc2ccccc2c(=O)[nH]1)C1c2ccccc2Oc2ccccc21. The number of rotatable bonds is 3. The number of benzene rings is 3. The Kier molecular flexibility index (Phi) is 4.13. The van der Waals surface area contributed by atoms with Crippen LogP contribution in [-0.4, -0.2) is 11.0 Å². The minimum Gasteiger partial charge on any atom is -0.459 e. The van der Waals surface area contributed by atoms with Gasteiger partial charge in [0.2, 0.25) is 0 Å². The summed E-state index contributed by atoms with van der Waals surface area (Å²) in [4.78, 5) is 28.1. The molecule has 0 aliphatic carbocycles. The summed E-state index contributed by atoms with van der Waals surface area (Å²) < 4.78 is 11.5. The molecule has 4 aromatic rings. The van der Waals surface area contributed by atoms with Gasteiger partial charge < -0.3 is 14.5 Å². The minimum atomic E-state index is -0.580. The average Bonchev–Trinajstić information content (AvgIpc) is 2.76. The van der Waals surface area contributed by atoms with Crippen molar-refractivity contribution in [2.75, 3.05) is 0 Å². The largest absolute Gasteiger partial charge is 0.459 e. The first-order valence-corrected chi connectivity index (χ1v) is 9.34. The second kappa shape index (κ2) is 6.95. The lowest BCUT2D eigenvalue weighted by Gasteiger charge is -2.26. The Labute approximate surface area is 166 Å². The lowest BCUT2D eigenvalue weighted by atomic mass is 9.88. The molecule has 0 saturated carbocycles. The molecule has 0 bridgehead atoms. The number of fused-ring (bicyclic) bond motifs is 3. The first-order chi connectivity index (χ1) is 14.2. The predicted octanol–water partition coefficient (Wildman–Crippen LogP) is 4.51. The lowest BCUT2D eigenvalue weighted by Crippen LogP contribution is -2.21. The summed E-state index contributed by atoms with van der Waals surface area (Å²) in [5.41, 5.74) is 1.89. The van der Waals surface area contributed by atoms with E-state index >= 15 is 0 Å². The van der Waals surface area contributed by atoms with Crippen LogP contribution in [0.3, 0.4) is 0 Å². The Balaban J connectivity index is 1.45. The number of aromatic nitrogens is 1. The summed E-state index contributed by atoms with van der Waals surface area (Å²) in [5.74, 6) is 0.324. The third kappa shape index (κ3) is 3.06. The molecule has 0 atom stereocenters. The summed E-state index contributed by atoms with van der Waals surface area (Å²) in [7, 11) is 0. The highest BCUT2D eigenvalue weighted by atomic mass is 16.5. The second-order valence-corrected chi connectivity index (χ2v) is 6.93. The topological polar surface area (TPSA) is 68.4 Å². The van der Waals surface area contributed by atoms with Crippen molar-refractivity contribution < 1.29 is 14.3 Å². The molecule has 1 aliphatic heterocycles. The molecule has 29 heavy (non-hydrogen) atoms. The fraction of sp³-hybridized carbons (Fsp3) is 0.0833. The summed E-state index contributed by atoms with van der Waals surface area (Å²) in [6.45, 7) is -0.0133. The molecule has 1 aromatic heterocycles. The van der Waals surface area contributed by atoms with Crippen molar-refractivity contribution in [2.24, 2.45) is 0 Å². The molecule has 5 rings (SSSR count). The van der Waals surface area contributed by atoms with Crippen LogP contribution in [-0.2, 0) is 16.1 Å². The number of aromatic amines is 1. The van der Waals surface area contributed by atoms with E-state index in [9.17, 15) is 9.59 Å². The van der Waals surface area contributed by atoms with Gasteiger partial charge in [-0.3, -0.25) is 9.59 Å². The van der Waals surface area contributed by atoms with Crippen LogP contribution in [0.15, 0.2) is 83.7 Å². The van der Waals surface area contributed by atoms with Crippen LogP contribution in [0.25, 0.3) is 10.8 Å². The minimum absolute atomic E-state index is 0.0133. The summed E-state index contributed by atoms with van der Waals surface area (Å²) in [5, 5.41) is 1.42. The standard InChI is InChI=1S/C24H17NO4/c26-23-17-8-2-1-7-15(17)13-16(25-23)14-28-24(27)22-18-9-3-5-11-20(18)29-21-12-6-4-10-19(21)22/h1-13,22H,14H2,(H,25,26). The Morgan fingerprint density at radius 1 is 0.897 bits per heavy atom. The van der Waals surface area contributed by atoms with Crippen molar-refractivity contribution in [3.63, 3.8) is 0 Å². The zero-order chi connectivity index (χ0) is 19.8. The Morgan fingerprint density at radius 3 is 2.24 bits per heavy atom. The van der Waals surface area contributed by atoms with Crippen molar-refractivity contribution in [1.82, 2.24) is 4.98 Å². The second-order valence-electron chi connectivity index (χ2n) is 6.93. The van der Waals surface area contributed by atoms with E-state index in [4.69, 9.17) is 9.47 Å². The summed E-state index contributed by atoms with van der Waals surface area (Å²) in [6.07, 6.45) is 0. The molecular weight excluding hydrogens is 366 g/mol. The number of esters is 1. The van der Waals surface area contributed by atoms with Gasteiger partial charge in [-0.15, -0.1) is 0 Å². The van der Waals surface area contributed by atoms with Gasteiger partial charge in [0.15, 0.2) is 0 Å². The number of carbonyl (C=O) groups is 1. The molecule has 0 unspecified atom stereocenters.